The second-order valence-corrected chi connectivity index (χ2v) is 5.66. The van der Waals surface area contributed by atoms with Gasteiger partial charge in [0.2, 0.25) is 0 Å². The first-order valence-electron chi connectivity index (χ1n) is 8.38. The highest BCUT2D eigenvalue weighted by Crippen LogP contribution is 2.33. The van der Waals surface area contributed by atoms with E-state index in [0.717, 1.165) is 49.6 Å². The molecule has 0 saturated carbocycles. The van der Waals surface area contributed by atoms with Crippen molar-refractivity contribution in [2.24, 2.45) is 0 Å². The highest BCUT2D eigenvalue weighted by Gasteiger charge is 2.12. The van der Waals surface area contributed by atoms with Crippen LogP contribution in [0.5, 0.6) is 11.5 Å². The number of methoxy groups -OCH3 is 1. The summed E-state index contributed by atoms with van der Waals surface area (Å²) in [5, 5.41) is 3.45. The molecule has 0 aliphatic carbocycles. The van der Waals surface area contributed by atoms with Crippen molar-refractivity contribution < 1.29 is 14.2 Å². The topological polar surface area (TPSA) is 39.7 Å². The first kappa shape index (κ1) is 22.8. The summed E-state index contributed by atoms with van der Waals surface area (Å²) in [7, 11) is 1.68. The van der Waals surface area contributed by atoms with Gasteiger partial charge >= 0.3 is 0 Å². The van der Waals surface area contributed by atoms with Gasteiger partial charge in [-0.2, -0.15) is 0 Å². The number of ether oxygens (including phenoxy) is 3. The fourth-order valence-electron chi connectivity index (χ4n) is 2.34. The van der Waals surface area contributed by atoms with Gasteiger partial charge in [-0.1, -0.05) is 12.1 Å². The number of hydrogen-bond donors (Lipinski definition) is 1. The van der Waals surface area contributed by atoms with Crippen LogP contribution in [0.1, 0.15) is 38.3 Å². The fraction of sp³-hybridized carbons (Fsp3) is 0.579. The van der Waals surface area contributed by atoms with E-state index in [0.29, 0.717) is 12.7 Å². The van der Waals surface area contributed by atoms with E-state index >= 15 is 0 Å². The number of allylic oxidation sites excluding steroid dienone is 1. The van der Waals surface area contributed by atoms with Crippen LogP contribution in [0.25, 0.3) is 0 Å². The maximum Gasteiger partial charge on any atom is 0.164 e. The Morgan fingerprint density at radius 3 is 2.62 bits per heavy atom. The molecule has 24 heavy (non-hydrogen) atoms. The van der Waals surface area contributed by atoms with Crippen molar-refractivity contribution in [3.8, 4) is 11.5 Å². The van der Waals surface area contributed by atoms with Crippen LogP contribution in [-0.4, -0.2) is 33.0 Å². The van der Waals surface area contributed by atoms with Gasteiger partial charge in [-0.3, -0.25) is 0 Å². The minimum atomic E-state index is 0. The van der Waals surface area contributed by atoms with Gasteiger partial charge in [0.1, 0.15) is 0 Å². The summed E-state index contributed by atoms with van der Waals surface area (Å²) in [6.07, 6.45) is 3.96. The Hall–Kier alpha value is -1.23. The minimum absolute atomic E-state index is 0. The Kier molecular flexibility index (Phi) is 12.4. The molecule has 1 aromatic rings. The SMILES string of the molecule is C=CCc1cc(CNCCCOC(C)C)cc(OC)c1OCC.Cl. The first-order valence-corrected chi connectivity index (χ1v) is 8.38. The molecule has 0 aromatic heterocycles. The molecule has 0 saturated heterocycles. The van der Waals surface area contributed by atoms with E-state index in [-0.39, 0.29) is 12.4 Å². The number of nitrogens with one attached hydrogen (secondary N) is 1. The van der Waals surface area contributed by atoms with Crippen molar-refractivity contribution in [1.29, 1.82) is 0 Å². The molecule has 0 heterocycles. The van der Waals surface area contributed by atoms with E-state index in [4.69, 9.17) is 14.2 Å². The Morgan fingerprint density at radius 1 is 1.29 bits per heavy atom. The van der Waals surface area contributed by atoms with Gasteiger partial charge < -0.3 is 19.5 Å². The molecule has 138 valence electrons. The third kappa shape index (κ3) is 8.04. The van der Waals surface area contributed by atoms with Crippen LogP contribution in [0, 0.1) is 0 Å². The highest BCUT2D eigenvalue weighted by atomic mass is 35.5. The quantitative estimate of drug-likeness (QED) is 0.450. The maximum atomic E-state index is 5.74. The van der Waals surface area contributed by atoms with Gasteiger partial charge in [0, 0.05) is 18.7 Å². The summed E-state index contributed by atoms with van der Waals surface area (Å²) in [5.74, 6) is 1.61. The zero-order chi connectivity index (χ0) is 17.1. The van der Waals surface area contributed by atoms with Gasteiger partial charge in [-0.15, -0.1) is 19.0 Å². The summed E-state index contributed by atoms with van der Waals surface area (Å²) in [5.41, 5.74) is 2.30. The molecule has 0 aliphatic heterocycles. The predicted molar refractivity (Wildman–Crippen MR) is 103 cm³/mol. The second-order valence-electron chi connectivity index (χ2n) is 5.66. The normalized spacial score (nSPS) is 10.4. The van der Waals surface area contributed by atoms with Crippen LogP contribution < -0.4 is 14.8 Å². The predicted octanol–water partition coefficient (Wildman–Crippen LogP) is 4.15. The Labute approximate surface area is 153 Å². The van der Waals surface area contributed by atoms with Gasteiger partial charge in [-0.05, 0) is 51.8 Å². The fourth-order valence-corrected chi connectivity index (χ4v) is 2.34. The lowest BCUT2D eigenvalue weighted by atomic mass is 10.1. The molecule has 0 aliphatic rings. The van der Waals surface area contributed by atoms with Gasteiger partial charge in [0.05, 0.1) is 19.8 Å². The summed E-state index contributed by atoms with van der Waals surface area (Å²) in [4.78, 5) is 0. The van der Waals surface area contributed by atoms with E-state index in [1.54, 1.807) is 7.11 Å². The Morgan fingerprint density at radius 2 is 2.04 bits per heavy atom. The summed E-state index contributed by atoms with van der Waals surface area (Å²) >= 11 is 0. The molecule has 4 nitrogen and oxygen atoms in total. The maximum absolute atomic E-state index is 5.74. The van der Waals surface area contributed by atoms with Crippen LogP contribution in [0.2, 0.25) is 0 Å². The zero-order valence-electron chi connectivity index (χ0n) is 15.4. The lowest BCUT2D eigenvalue weighted by Crippen LogP contribution is -2.17. The van der Waals surface area contributed by atoms with Crippen LogP contribution in [0.4, 0.5) is 0 Å². The second kappa shape index (κ2) is 13.1. The molecule has 0 bridgehead atoms. The monoisotopic (exact) mass is 357 g/mol. The van der Waals surface area contributed by atoms with Crippen LogP contribution in [-0.2, 0) is 17.7 Å². The lowest BCUT2D eigenvalue weighted by Gasteiger charge is -2.16. The first-order chi connectivity index (χ1) is 11.1. The molecule has 0 atom stereocenters. The number of hydrogen-bond acceptors (Lipinski definition) is 4. The average molecular weight is 358 g/mol. The molecule has 0 fully saturated rings. The highest BCUT2D eigenvalue weighted by molar-refractivity contribution is 5.85. The minimum Gasteiger partial charge on any atom is -0.493 e. The molecule has 0 unspecified atom stereocenters. The molecule has 0 radical (unpaired) electrons. The van der Waals surface area contributed by atoms with E-state index in [9.17, 15) is 0 Å². The molecular weight excluding hydrogens is 326 g/mol. The average Bonchev–Trinajstić information content (AvgIpc) is 2.52. The van der Waals surface area contributed by atoms with E-state index < -0.39 is 0 Å². The van der Waals surface area contributed by atoms with Crippen molar-refractivity contribution in [2.75, 3.05) is 26.9 Å². The molecule has 1 aromatic carbocycles. The van der Waals surface area contributed by atoms with Crippen molar-refractivity contribution in [3.63, 3.8) is 0 Å². The largest absolute Gasteiger partial charge is 0.493 e. The summed E-state index contributed by atoms with van der Waals surface area (Å²) in [6.45, 7) is 13.1. The molecule has 0 spiro atoms. The van der Waals surface area contributed by atoms with Crippen LogP contribution in [0.3, 0.4) is 0 Å². The van der Waals surface area contributed by atoms with Crippen molar-refractivity contribution in [2.45, 2.75) is 46.3 Å². The van der Waals surface area contributed by atoms with Gasteiger partial charge in [-0.25, -0.2) is 0 Å². The van der Waals surface area contributed by atoms with Crippen molar-refractivity contribution in [3.05, 3.63) is 35.9 Å². The summed E-state index contributed by atoms with van der Waals surface area (Å²) in [6, 6.07) is 4.20. The van der Waals surface area contributed by atoms with E-state index in [1.165, 1.54) is 5.56 Å². The molecule has 0 amide bonds. The zero-order valence-corrected chi connectivity index (χ0v) is 16.2. The number of halogens is 1. The lowest BCUT2D eigenvalue weighted by molar-refractivity contribution is 0.0770. The summed E-state index contributed by atoms with van der Waals surface area (Å²) < 4.78 is 16.8. The van der Waals surface area contributed by atoms with E-state index in [1.807, 2.05) is 19.1 Å². The van der Waals surface area contributed by atoms with Crippen LogP contribution >= 0.6 is 12.4 Å². The molecule has 1 rings (SSSR count). The molecular formula is C19H32ClNO3. The van der Waals surface area contributed by atoms with Crippen LogP contribution in [0.15, 0.2) is 24.8 Å². The standard InChI is InChI=1S/C19H31NO3.ClH/c1-6-9-17-12-16(13-18(21-5)19(17)22-7-2)14-20-10-8-11-23-15(3)4;/h6,12-13,15,20H,1,7-11,14H2,2-5H3;1H. The number of benzene rings is 1. The third-order valence-electron chi connectivity index (χ3n) is 3.34. The van der Waals surface area contributed by atoms with Crippen molar-refractivity contribution >= 4 is 12.4 Å². The third-order valence-corrected chi connectivity index (χ3v) is 3.34. The van der Waals surface area contributed by atoms with E-state index in [2.05, 4.69) is 31.8 Å². The molecule has 1 N–H and O–H groups in total. The molecule has 5 heteroatoms. The number of rotatable bonds is 12. The van der Waals surface area contributed by atoms with Gasteiger partial charge in [0.15, 0.2) is 11.5 Å². The Bertz CT molecular complexity index is 478. The Balaban J connectivity index is 0.00000529. The van der Waals surface area contributed by atoms with Gasteiger partial charge in [0.25, 0.3) is 0 Å². The van der Waals surface area contributed by atoms with Crippen molar-refractivity contribution in [1.82, 2.24) is 5.32 Å². The smallest absolute Gasteiger partial charge is 0.164 e.